The van der Waals surface area contributed by atoms with Crippen LogP contribution in [-0.4, -0.2) is 18.5 Å². The van der Waals surface area contributed by atoms with Crippen LogP contribution in [0.15, 0.2) is 0 Å². The van der Waals surface area contributed by atoms with E-state index in [0.717, 1.165) is 6.42 Å². The summed E-state index contributed by atoms with van der Waals surface area (Å²) in [5.41, 5.74) is 5.43. The molecule has 0 aliphatic heterocycles. The van der Waals surface area contributed by atoms with Crippen LogP contribution in [-0.2, 0) is 4.79 Å². The lowest BCUT2D eigenvalue weighted by molar-refractivity contribution is -0.121. The number of terminal acetylenes is 1. The highest BCUT2D eigenvalue weighted by Crippen LogP contribution is 1.87. The van der Waals surface area contributed by atoms with Crippen molar-refractivity contribution in [3.8, 4) is 12.3 Å². The van der Waals surface area contributed by atoms with Gasteiger partial charge in [-0.15, -0.1) is 12.3 Å². The first-order valence-corrected chi connectivity index (χ1v) is 4.12. The molecule has 0 rings (SSSR count). The molecule has 0 radical (unpaired) electrons. The Kier molecular flexibility index (Phi) is 6.12. The summed E-state index contributed by atoms with van der Waals surface area (Å²) in [6.45, 7) is 2.46. The Balaban J connectivity index is 3.27. The van der Waals surface area contributed by atoms with E-state index in [-0.39, 0.29) is 11.9 Å². The average Bonchev–Trinajstić information content (AvgIpc) is 1.97. The maximum atomic E-state index is 11.0. The second-order valence-electron chi connectivity index (χ2n) is 2.84. The Morgan fingerprint density at radius 2 is 2.42 bits per heavy atom. The molecular weight excluding hydrogens is 152 g/mol. The Hall–Kier alpha value is -1.01. The highest BCUT2D eigenvalue weighted by molar-refractivity contribution is 5.76. The van der Waals surface area contributed by atoms with Crippen LogP contribution in [0.25, 0.3) is 0 Å². The van der Waals surface area contributed by atoms with Crippen LogP contribution in [0.5, 0.6) is 0 Å². The average molecular weight is 168 g/mol. The molecule has 3 heteroatoms. The Morgan fingerprint density at radius 3 is 2.92 bits per heavy atom. The normalized spacial score (nSPS) is 11.8. The van der Waals surface area contributed by atoms with E-state index in [1.807, 2.05) is 0 Å². The van der Waals surface area contributed by atoms with Gasteiger partial charge in [-0.25, -0.2) is 0 Å². The molecule has 3 nitrogen and oxygen atoms in total. The minimum Gasteiger partial charge on any atom is -0.356 e. The zero-order chi connectivity index (χ0) is 9.40. The van der Waals surface area contributed by atoms with Gasteiger partial charge < -0.3 is 11.1 Å². The van der Waals surface area contributed by atoms with Crippen LogP contribution in [0.1, 0.15) is 26.2 Å². The number of nitrogens with two attached hydrogens (primary N) is 1. The second-order valence-corrected chi connectivity index (χ2v) is 2.84. The van der Waals surface area contributed by atoms with E-state index in [1.54, 1.807) is 6.92 Å². The Bertz CT molecular complexity index is 170. The summed E-state index contributed by atoms with van der Waals surface area (Å²) in [6, 6.07) is -0.0716. The first-order chi connectivity index (χ1) is 5.66. The molecule has 1 amide bonds. The van der Waals surface area contributed by atoms with E-state index in [4.69, 9.17) is 12.2 Å². The first-order valence-electron chi connectivity index (χ1n) is 4.12. The van der Waals surface area contributed by atoms with Crippen molar-refractivity contribution in [1.82, 2.24) is 5.32 Å². The lowest BCUT2D eigenvalue weighted by Gasteiger charge is -2.05. The third kappa shape index (κ3) is 7.10. The molecule has 1 unspecified atom stereocenters. The number of hydrogen-bond acceptors (Lipinski definition) is 2. The second kappa shape index (κ2) is 6.68. The van der Waals surface area contributed by atoms with Crippen LogP contribution in [0.4, 0.5) is 0 Å². The van der Waals surface area contributed by atoms with E-state index in [9.17, 15) is 4.79 Å². The molecule has 0 bridgehead atoms. The van der Waals surface area contributed by atoms with Crippen molar-refractivity contribution in [2.75, 3.05) is 6.54 Å². The number of rotatable bonds is 5. The molecule has 0 aliphatic rings. The van der Waals surface area contributed by atoms with Gasteiger partial charge in [0.2, 0.25) is 5.91 Å². The van der Waals surface area contributed by atoms with Gasteiger partial charge in [0.15, 0.2) is 0 Å². The number of unbranched alkanes of at least 4 members (excludes halogenated alkanes) is 1. The quantitative estimate of drug-likeness (QED) is 0.457. The van der Waals surface area contributed by atoms with Crippen LogP contribution >= 0.6 is 0 Å². The topological polar surface area (TPSA) is 55.1 Å². The predicted molar refractivity (Wildman–Crippen MR) is 49.3 cm³/mol. The molecule has 0 aromatic rings. The number of hydrogen-bond donors (Lipinski definition) is 2. The molecule has 0 aromatic heterocycles. The van der Waals surface area contributed by atoms with Crippen molar-refractivity contribution in [2.24, 2.45) is 5.73 Å². The number of carbonyl (C=O) groups is 1. The molecule has 12 heavy (non-hydrogen) atoms. The smallest absolute Gasteiger partial charge is 0.221 e. The summed E-state index contributed by atoms with van der Waals surface area (Å²) in [7, 11) is 0. The summed E-state index contributed by atoms with van der Waals surface area (Å²) >= 11 is 0. The summed E-state index contributed by atoms with van der Waals surface area (Å²) < 4.78 is 0. The SMILES string of the molecule is C#CCCCNC(=O)CC(C)N. The lowest BCUT2D eigenvalue weighted by Crippen LogP contribution is -2.30. The molecule has 0 fully saturated rings. The van der Waals surface area contributed by atoms with Gasteiger partial charge in [-0.2, -0.15) is 0 Å². The summed E-state index contributed by atoms with van der Waals surface area (Å²) in [5, 5.41) is 2.73. The van der Waals surface area contributed by atoms with Gasteiger partial charge in [0, 0.05) is 25.4 Å². The van der Waals surface area contributed by atoms with E-state index >= 15 is 0 Å². The van der Waals surface area contributed by atoms with Gasteiger partial charge in [0.1, 0.15) is 0 Å². The fraction of sp³-hybridized carbons (Fsp3) is 0.667. The maximum Gasteiger partial charge on any atom is 0.221 e. The van der Waals surface area contributed by atoms with Crippen molar-refractivity contribution in [2.45, 2.75) is 32.2 Å². The van der Waals surface area contributed by atoms with E-state index in [0.29, 0.717) is 19.4 Å². The van der Waals surface area contributed by atoms with Crippen LogP contribution in [0.2, 0.25) is 0 Å². The van der Waals surface area contributed by atoms with Crippen LogP contribution < -0.4 is 11.1 Å². The third-order valence-corrected chi connectivity index (χ3v) is 1.33. The number of amides is 1. The first kappa shape index (κ1) is 11.0. The molecule has 3 N–H and O–H groups in total. The van der Waals surface area contributed by atoms with Crippen molar-refractivity contribution < 1.29 is 4.79 Å². The highest BCUT2D eigenvalue weighted by atomic mass is 16.1. The highest BCUT2D eigenvalue weighted by Gasteiger charge is 2.02. The third-order valence-electron chi connectivity index (χ3n) is 1.33. The van der Waals surface area contributed by atoms with Crippen molar-refractivity contribution >= 4 is 5.91 Å². The fourth-order valence-electron chi connectivity index (χ4n) is 0.783. The summed E-state index contributed by atoms with van der Waals surface area (Å²) in [5.74, 6) is 2.51. The van der Waals surface area contributed by atoms with Crippen molar-refractivity contribution in [3.05, 3.63) is 0 Å². The minimum atomic E-state index is -0.0716. The minimum absolute atomic E-state index is 0.00187. The van der Waals surface area contributed by atoms with Crippen molar-refractivity contribution in [1.29, 1.82) is 0 Å². The molecule has 0 saturated heterocycles. The van der Waals surface area contributed by atoms with E-state index in [2.05, 4.69) is 11.2 Å². The van der Waals surface area contributed by atoms with E-state index in [1.165, 1.54) is 0 Å². The zero-order valence-corrected chi connectivity index (χ0v) is 7.47. The number of carbonyl (C=O) groups excluding carboxylic acids is 1. The van der Waals surface area contributed by atoms with E-state index < -0.39 is 0 Å². The van der Waals surface area contributed by atoms with Gasteiger partial charge in [-0.3, -0.25) is 4.79 Å². The molecule has 0 spiro atoms. The van der Waals surface area contributed by atoms with Gasteiger partial charge in [-0.05, 0) is 13.3 Å². The summed E-state index contributed by atoms with van der Waals surface area (Å²) in [4.78, 5) is 11.0. The largest absolute Gasteiger partial charge is 0.356 e. The van der Waals surface area contributed by atoms with Crippen LogP contribution in [0, 0.1) is 12.3 Å². The molecule has 68 valence electrons. The molecule has 0 heterocycles. The Labute approximate surface area is 73.7 Å². The summed E-state index contributed by atoms with van der Waals surface area (Å²) in [6.07, 6.45) is 6.97. The van der Waals surface area contributed by atoms with Gasteiger partial charge in [0.05, 0.1) is 0 Å². The number of nitrogens with one attached hydrogen (secondary N) is 1. The molecule has 0 aromatic carbocycles. The monoisotopic (exact) mass is 168 g/mol. The molecule has 1 atom stereocenters. The maximum absolute atomic E-state index is 11.0. The Morgan fingerprint density at radius 1 is 1.75 bits per heavy atom. The van der Waals surface area contributed by atoms with Gasteiger partial charge >= 0.3 is 0 Å². The van der Waals surface area contributed by atoms with Gasteiger partial charge in [-0.1, -0.05) is 0 Å². The molecule has 0 saturated carbocycles. The molecule has 0 aliphatic carbocycles. The molecular formula is C9H16N2O. The van der Waals surface area contributed by atoms with Crippen molar-refractivity contribution in [3.63, 3.8) is 0 Å². The predicted octanol–water partition coefficient (Wildman–Crippen LogP) is 0.253. The van der Waals surface area contributed by atoms with Gasteiger partial charge in [0.25, 0.3) is 0 Å². The standard InChI is InChI=1S/C9H16N2O/c1-3-4-5-6-11-9(12)7-8(2)10/h1,8H,4-7,10H2,2H3,(H,11,12). The lowest BCUT2D eigenvalue weighted by atomic mass is 10.2. The fourth-order valence-corrected chi connectivity index (χ4v) is 0.783. The van der Waals surface area contributed by atoms with Crippen LogP contribution in [0.3, 0.4) is 0 Å². The zero-order valence-electron chi connectivity index (χ0n) is 7.47.